The molecule has 0 aliphatic rings. The Balaban J connectivity index is 1.89. The lowest BCUT2D eigenvalue weighted by Crippen LogP contribution is -1.97. The molecule has 0 spiro atoms. The predicted octanol–water partition coefficient (Wildman–Crippen LogP) is 3.58. The topological polar surface area (TPSA) is 43.6 Å². The number of aromatic nitrogens is 4. The van der Waals surface area contributed by atoms with Crippen molar-refractivity contribution in [3.8, 4) is 22.4 Å². The standard InChI is InChI=1S/C17H16N4/c1-2-3-8-21-9-7-17(20-21)15-6-4-5-14(10-15)16-11-18-13-19-12-16/h2,4-7,9-13H,1,3,8H2. The molecular weight excluding hydrogens is 260 g/mol. The molecule has 4 heteroatoms. The molecule has 104 valence electrons. The molecule has 2 heterocycles. The Kier molecular flexibility index (Phi) is 3.87. The summed E-state index contributed by atoms with van der Waals surface area (Å²) in [6.45, 7) is 4.59. The zero-order valence-electron chi connectivity index (χ0n) is 11.7. The van der Waals surface area contributed by atoms with Crippen molar-refractivity contribution in [2.24, 2.45) is 0 Å². The van der Waals surface area contributed by atoms with Crippen LogP contribution >= 0.6 is 0 Å². The first kappa shape index (κ1) is 13.2. The summed E-state index contributed by atoms with van der Waals surface area (Å²) in [4.78, 5) is 8.12. The van der Waals surface area contributed by atoms with Crippen LogP contribution in [0.4, 0.5) is 0 Å². The van der Waals surface area contributed by atoms with Gasteiger partial charge < -0.3 is 0 Å². The number of hydrogen-bond acceptors (Lipinski definition) is 3. The summed E-state index contributed by atoms with van der Waals surface area (Å²) in [6.07, 6.45) is 9.98. The minimum absolute atomic E-state index is 0.857. The molecule has 4 nitrogen and oxygen atoms in total. The highest BCUT2D eigenvalue weighted by Gasteiger charge is 2.05. The molecule has 0 amide bonds. The number of nitrogens with zero attached hydrogens (tertiary/aromatic N) is 4. The van der Waals surface area contributed by atoms with Gasteiger partial charge in [0, 0.05) is 36.3 Å². The molecule has 0 aliphatic carbocycles. The summed E-state index contributed by atoms with van der Waals surface area (Å²) in [5.74, 6) is 0. The van der Waals surface area contributed by atoms with Crippen LogP contribution in [-0.4, -0.2) is 19.7 Å². The van der Waals surface area contributed by atoms with E-state index < -0.39 is 0 Å². The highest BCUT2D eigenvalue weighted by molar-refractivity contribution is 5.70. The molecule has 2 aromatic heterocycles. The van der Waals surface area contributed by atoms with Gasteiger partial charge in [0.05, 0.1) is 5.69 Å². The van der Waals surface area contributed by atoms with E-state index >= 15 is 0 Å². The number of allylic oxidation sites excluding steroid dienone is 1. The number of aryl methyl sites for hydroxylation is 1. The van der Waals surface area contributed by atoms with Crippen LogP contribution in [-0.2, 0) is 6.54 Å². The Morgan fingerprint density at radius 3 is 2.67 bits per heavy atom. The van der Waals surface area contributed by atoms with E-state index in [9.17, 15) is 0 Å². The predicted molar refractivity (Wildman–Crippen MR) is 83.5 cm³/mol. The van der Waals surface area contributed by atoms with Gasteiger partial charge in [0.1, 0.15) is 6.33 Å². The van der Waals surface area contributed by atoms with Crippen LogP contribution in [0.3, 0.4) is 0 Å². The molecule has 0 unspecified atom stereocenters. The summed E-state index contributed by atoms with van der Waals surface area (Å²) in [5, 5.41) is 4.59. The highest BCUT2D eigenvalue weighted by Crippen LogP contribution is 2.24. The second-order valence-corrected chi connectivity index (χ2v) is 4.75. The van der Waals surface area contributed by atoms with Gasteiger partial charge in [-0.3, -0.25) is 4.68 Å². The van der Waals surface area contributed by atoms with Crippen LogP contribution < -0.4 is 0 Å². The summed E-state index contributed by atoms with van der Waals surface area (Å²) < 4.78 is 1.94. The van der Waals surface area contributed by atoms with Crippen LogP contribution in [0.2, 0.25) is 0 Å². The zero-order chi connectivity index (χ0) is 14.5. The zero-order valence-corrected chi connectivity index (χ0v) is 11.7. The van der Waals surface area contributed by atoms with Crippen molar-refractivity contribution in [1.82, 2.24) is 19.7 Å². The number of benzene rings is 1. The van der Waals surface area contributed by atoms with E-state index in [1.807, 2.05) is 41.5 Å². The van der Waals surface area contributed by atoms with E-state index in [0.29, 0.717) is 0 Å². The monoisotopic (exact) mass is 276 g/mol. The average molecular weight is 276 g/mol. The maximum Gasteiger partial charge on any atom is 0.115 e. The third kappa shape index (κ3) is 3.05. The molecule has 0 bridgehead atoms. The molecule has 0 radical (unpaired) electrons. The van der Waals surface area contributed by atoms with Crippen molar-refractivity contribution in [1.29, 1.82) is 0 Å². The lowest BCUT2D eigenvalue weighted by molar-refractivity contribution is 0.626. The summed E-state index contributed by atoms with van der Waals surface area (Å²) >= 11 is 0. The average Bonchev–Trinajstić information content (AvgIpc) is 3.03. The summed E-state index contributed by atoms with van der Waals surface area (Å²) in [6, 6.07) is 10.3. The Morgan fingerprint density at radius 2 is 1.86 bits per heavy atom. The molecule has 1 aromatic carbocycles. The number of hydrogen-bond donors (Lipinski definition) is 0. The number of rotatable bonds is 5. The first-order valence-electron chi connectivity index (χ1n) is 6.87. The summed E-state index contributed by atoms with van der Waals surface area (Å²) in [7, 11) is 0. The Bertz CT molecular complexity index is 731. The van der Waals surface area contributed by atoms with Gasteiger partial charge in [-0.15, -0.1) is 6.58 Å². The van der Waals surface area contributed by atoms with Gasteiger partial charge in [-0.25, -0.2) is 9.97 Å². The second kappa shape index (κ2) is 6.13. The van der Waals surface area contributed by atoms with E-state index in [4.69, 9.17) is 0 Å². The van der Waals surface area contributed by atoms with Crippen molar-refractivity contribution in [3.63, 3.8) is 0 Å². The fraction of sp³-hybridized carbons (Fsp3) is 0.118. The second-order valence-electron chi connectivity index (χ2n) is 4.75. The van der Waals surface area contributed by atoms with E-state index in [1.54, 1.807) is 0 Å². The van der Waals surface area contributed by atoms with Crippen molar-refractivity contribution in [2.75, 3.05) is 0 Å². The quantitative estimate of drug-likeness (QED) is 0.669. The third-order valence-electron chi connectivity index (χ3n) is 3.26. The van der Waals surface area contributed by atoms with Crippen molar-refractivity contribution < 1.29 is 0 Å². The van der Waals surface area contributed by atoms with Crippen molar-refractivity contribution in [3.05, 3.63) is 67.9 Å². The van der Waals surface area contributed by atoms with E-state index in [0.717, 1.165) is 35.3 Å². The molecule has 0 atom stereocenters. The van der Waals surface area contributed by atoms with Crippen LogP contribution in [0, 0.1) is 0 Å². The first-order chi connectivity index (χ1) is 10.4. The van der Waals surface area contributed by atoms with Crippen LogP contribution in [0.5, 0.6) is 0 Å². The Hall–Kier alpha value is -2.75. The summed E-state index contributed by atoms with van der Waals surface area (Å²) in [5.41, 5.74) is 4.16. The minimum atomic E-state index is 0.857. The van der Waals surface area contributed by atoms with Gasteiger partial charge in [-0.2, -0.15) is 5.10 Å². The Morgan fingerprint density at radius 1 is 1.05 bits per heavy atom. The fourth-order valence-electron chi connectivity index (χ4n) is 2.17. The molecule has 0 aliphatic heterocycles. The van der Waals surface area contributed by atoms with Gasteiger partial charge in [0.2, 0.25) is 0 Å². The molecule has 3 rings (SSSR count). The molecule has 0 saturated heterocycles. The smallest absolute Gasteiger partial charge is 0.115 e. The maximum absolute atomic E-state index is 4.59. The normalized spacial score (nSPS) is 10.5. The first-order valence-corrected chi connectivity index (χ1v) is 6.87. The van der Waals surface area contributed by atoms with Crippen molar-refractivity contribution in [2.45, 2.75) is 13.0 Å². The third-order valence-corrected chi connectivity index (χ3v) is 3.26. The highest BCUT2D eigenvalue weighted by atomic mass is 15.3. The molecular formula is C17H16N4. The van der Waals surface area contributed by atoms with Gasteiger partial charge in [-0.05, 0) is 24.1 Å². The van der Waals surface area contributed by atoms with Crippen molar-refractivity contribution >= 4 is 0 Å². The molecule has 0 N–H and O–H groups in total. The van der Waals surface area contributed by atoms with E-state index in [-0.39, 0.29) is 0 Å². The van der Waals surface area contributed by atoms with Gasteiger partial charge in [0.25, 0.3) is 0 Å². The molecule has 0 saturated carbocycles. The van der Waals surface area contributed by atoms with E-state index in [1.165, 1.54) is 6.33 Å². The molecule has 21 heavy (non-hydrogen) atoms. The SMILES string of the molecule is C=CCCn1ccc(-c2cccc(-c3cncnc3)c2)n1. The van der Waals surface area contributed by atoms with Gasteiger partial charge >= 0.3 is 0 Å². The van der Waals surface area contributed by atoms with E-state index in [2.05, 4.69) is 39.8 Å². The molecule has 3 aromatic rings. The lowest BCUT2D eigenvalue weighted by Gasteiger charge is -2.03. The van der Waals surface area contributed by atoms with Crippen LogP contribution in [0.1, 0.15) is 6.42 Å². The Labute approximate surface area is 123 Å². The van der Waals surface area contributed by atoms with Gasteiger partial charge in [0.15, 0.2) is 0 Å². The van der Waals surface area contributed by atoms with Crippen LogP contribution in [0.25, 0.3) is 22.4 Å². The minimum Gasteiger partial charge on any atom is -0.272 e. The van der Waals surface area contributed by atoms with Gasteiger partial charge in [-0.1, -0.05) is 24.3 Å². The maximum atomic E-state index is 4.59. The van der Waals surface area contributed by atoms with Crippen LogP contribution in [0.15, 0.2) is 67.9 Å². The largest absolute Gasteiger partial charge is 0.272 e. The molecule has 0 fully saturated rings. The fourth-order valence-corrected chi connectivity index (χ4v) is 2.17. The lowest BCUT2D eigenvalue weighted by atomic mass is 10.0.